The van der Waals surface area contributed by atoms with E-state index >= 15 is 0 Å². The first-order chi connectivity index (χ1) is 10.3. The predicted octanol–water partition coefficient (Wildman–Crippen LogP) is 4.57. The summed E-state index contributed by atoms with van der Waals surface area (Å²) in [5.74, 6) is 0.713. The Hall–Kier alpha value is -0.380. The fourth-order valence-corrected chi connectivity index (χ4v) is 3.55. The highest BCUT2D eigenvalue weighted by molar-refractivity contribution is 9.10. The number of hydrogen-bond donors (Lipinski definition) is 1. The van der Waals surface area contributed by atoms with Crippen LogP contribution in [-0.2, 0) is 11.2 Å². The van der Waals surface area contributed by atoms with Crippen LogP contribution in [-0.4, -0.2) is 25.8 Å². The molecule has 1 N–H and O–H groups in total. The van der Waals surface area contributed by atoms with E-state index in [1.54, 1.807) is 0 Å². The highest BCUT2D eigenvalue weighted by Gasteiger charge is 2.17. The maximum absolute atomic E-state index is 5.73. The van der Waals surface area contributed by atoms with Crippen LogP contribution in [0.2, 0.25) is 0 Å². The van der Waals surface area contributed by atoms with Crippen LogP contribution >= 0.6 is 15.9 Å². The number of halogens is 1. The Kier molecular flexibility index (Phi) is 7.76. The highest BCUT2D eigenvalue weighted by atomic mass is 79.9. The average molecular weight is 354 g/mol. The highest BCUT2D eigenvalue weighted by Crippen LogP contribution is 2.24. The Balaban J connectivity index is 1.80. The fourth-order valence-electron chi connectivity index (χ4n) is 3.11. The molecule has 1 saturated heterocycles. The van der Waals surface area contributed by atoms with Crippen LogP contribution in [0.1, 0.15) is 44.6 Å². The Morgan fingerprint density at radius 3 is 2.95 bits per heavy atom. The van der Waals surface area contributed by atoms with Crippen molar-refractivity contribution in [1.82, 2.24) is 5.32 Å². The molecule has 0 aromatic heterocycles. The van der Waals surface area contributed by atoms with Crippen LogP contribution in [0.15, 0.2) is 28.7 Å². The second-order valence-electron chi connectivity index (χ2n) is 6.04. The maximum atomic E-state index is 5.73. The van der Waals surface area contributed by atoms with Gasteiger partial charge >= 0.3 is 0 Å². The Bertz CT molecular complexity index is 404. The molecule has 1 aliphatic heterocycles. The largest absolute Gasteiger partial charge is 0.378 e. The molecule has 21 heavy (non-hydrogen) atoms. The van der Waals surface area contributed by atoms with E-state index < -0.39 is 0 Å². The molecular weight excluding hydrogens is 326 g/mol. The molecular formula is C18H28BrNO. The second kappa shape index (κ2) is 9.60. The molecule has 0 saturated carbocycles. The van der Waals surface area contributed by atoms with Crippen molar-refractivity contribution >= 4 is 15.9 Å². The molecule has 2 nitrogen and oxygen atoms in total. The van der Waals surface area contributed by atoms with Gasteiger partial charge in [-0.25, -0.2) is 0 Å². The maximum Gasteiger partial charge on any atom is 0.0576 e. The number of rotatable bonds is 9. The van der Waals surface area contributed by atoms with Crippen molar-refractivity contribution in [3.8, 4) is 0 Å². The van der Waals surface area contributed by atoms with Crippen molar-refractivity contribution in [2.75, 3.05) is 19.7 Å². The summed E-state index contributed by atoms with van der Waals surface area (Å²) in [6.45, 7) is 5.33. The van der Waals surface area contributed by atoms with Gasteiger partial charge in [-0.3, -0.25) is 0 Å². The van der Waals surface area contributed by atoms with Gasteiger partial charge in [-0.1, -0.05) is 47.5 Å². The smallest absolute Gasteiger partial charge is 0.0576 e. The molecule has 2 atom stereocenters. The summed E-state index contributed by atoms with van der Waals surface area (Å²) >= 11 is 3.67. The van der Waals surface area contributed by atoms with Gasteiger partial charge in [-0.2, -0.15) is 0 Å². The van der Waals surface area contributed by atoms with E-state index in [4.69, 9.17) is 4.74 Å². The first-order valence-corrected chi connectivity index (χ1v) is 9.14. The lowest BCUT2D eigenvalue weighted by Gasteiger charge is -2.19. The van der Waals surface area contributed by atoms with E-state index in [-0.39, 0.29) is 0 Å². The lowest BCUT2D eigenvalue weighted by Crippen LogP contribution is -2.24. The molecule has 0 bridgehead atoms. The normalized spacial score (nSPS) is 19.8. The quantitative estimate of drug-likeness (QED) is 0.702. The topological polar surface area (TPSA) is 21.3 Å². The summed E-state index contributed by atoms with van der Waals surface area (Å²) in [6, 6.07) is 8.61. The zero-order valence-corrected chi connectivity index (χ0v) is 14.7. The SMILES string of the molecule is CCNCC(CCCC1CCCO1)Cc1ccccc1Br. The fraction of sp³-hybridized carbons (Fsp3) is 0.667. The molecule has 2 rings (SSSR count). The number of ether oxygens (including phenoxy) is 1. The summed E-state index contributed by atoms with van der Waals surface area (Å²) in [6.07, 6.45) is 8.01. The molecule has 1 aromatic carbocycles. The third-order valence-electron chi connectivity index (χ3n) is 4.31. The van der Waals surface area contributed by atoms with Crippen molar-refractivity contribution in [2.24, 2.45) is 5.92 Å². The first-order valence-electron chi connectivity index (χ1n) is 8.35. The molecule has 1 aromatic rings. The summed E-state index contributed by atoms with van der Waals surface area (Å²) in [7, 11) is 0. The second-order valence-corrected chi connectivity index (χ2v) is 6.89. The lowest BCUT2D eigenvalue weighted by molar-refractivity contribution is 0.101. The molecule has 0 radical (unpaired) electrons. The third-order valence-corrected chi connectivity index (χ3v) is 5.09. The van der Waals surface area contributed by atoms with Gasteiger partial charge in [0.1, 0.15) is 0 Å². The van der Waals surface area contributed by atoms with Crippen LogP contribution in [0.25, 0.3) is 0 Å². The van der Waals surface area contributed by atoms with Crippen LogP contribution in [0, 0.1) is 5.92 Å². The van der Waals surface area contributed by atoms with Crippen LogP contribution in [0.5, 0.6) is 0 Å². The van der Waals surface area contributed by atoms with Crippen molar-refractivity contribution < 1.29 is 4.74 Å². The Labute approximate surface area is 137 Å². The van der Waals surface area contributed by atoms with Crippen LogP contribution in [0.3, 0.4) is 0 Å². The summed E-state index contributed by atoms with van der Waals surface area (Å²) < 4.78 is 6.97. The molecule has 2 unspecified atom stereocenters. The molecule has 1 aliphatic rings. The van der Waals surface area contributed by atoms with Crippen LogP contribution in [0.4, 0.5) is 0 Å². The minimum atomic E-state index is 0.535. The molecule has 0 aliphatic carbocycles. The monoisotopic (exact) mass is 353 g/mol. The molecule has 3 heteroatoms. The lowest BCUT2D eigenvalue weighted by atomic mass is 9.93. The molecule has 0 amide bonds. The van der Waals surface area contributed by atoms with E-state index in [2.05, 4.69) is 52.4 Å². The summed E-state index contributed by atoms with van der Waals surface area (Å²) in [4.78, 5) is 0. The minimum absolute atomic E-state index is 0.535. The summed E-state index contributed by atoms with van der Waals surface area (Å²) in [5.41, 5.74) is 1.43. The van der Waals surface area contributed by atoms with Gasteiger partial charge in [0.05, 0.1) is 6.10 Å². The van der Waals surface area contributed by atoms with Gasteiger partial charge in [-0.15, -0.1) is 0 Å². The van der Waals surface area contributed by atoms with Gasteiger partial charge in [0, 0.05) is 11.1 Å². The van der Waals surface area contributed by atoms with Gasteiger partial charge in [-0.05, 0) is 62.7 Å². The molecule has 0 spiro atoms. The van der Waals surface area contributed by atoms with E-state index in [9.17, 15) is 0 Å². The van der Waals surface area contributed by atoms with E-state index in [1.165, 1.54) is 42.1 Å². The average Bonchev–Trinajstić information content (AvgIpc) is 3.00. The van der Waals surface area contributed by atoms with Gasteiger partial charge in [0.15, 0.2) is 0 Å². The van der Waals surface area contributed by atoms with E-state index in [0.717, 1.165) is 26.1 Å². The Morgan fingerprint density at radius 1 is 1.38 bits per heavy atom. The van der Waals surface area contributed by atoms with Crippen molar-refractivity contribution in [3.05, 3.63) is 34.3 Å². The molecule has 1 fully saturated rings. The van der Waals surface area contributed by atoms with Gasteiger partial charge in [0.2, 0.25) is 0 Å². The van der Waals surface area contributed by atoms with Crippen molar-refractivity contribution in [3.63, 3.8) is 0 Å². The van der Waals surface area contributed by atoms with E-state index in [1.807, 2.05) is 0 Å². The van der Waals surface area contributed by atoms with E-state index in [0.29, 0.717) is 12.0 Å². The molecule has 118 valence electrons. The van der Waals surface area contributed by atoms with Crippen molar-refractivity contribution in [2.45, 2.75) is 51.6 Å². The van der Waals surface area contributed by atoms with Gasteiger partial charge in [0.25, 0.3) is 0 Å². The Morgan fingerprint density at radius 2 is 2.24 bits per heavy atom. The predicted molar refractivity (Wildman–Crippen MR) is 92.7 cm³/mol. The van der Waals surface area contributed by atoms with Crippen LogP contribution < -0.4 is 5.32 Å². The minimum Gasteiger partial charge on any atom is -0.378 e. The number of nitrogens with one attached hydrogen (secondary N) is 1. The number of benzene rings is 1. The summed E-state index contributed by atoms with van der Waals surface area (Å²) in [5, 5.41) is 3.52. The molecule has 1 heterocycles. The zero-order valence-electron chi connectivity index (χ0n) is 13.1. The number of hydrogen-bond acceptors (Lipinski definition) is 2. The van der Waals surface area contributed by atoms with Crippen molar-refractivity contribution in [1.29, 1.82) is 0 Å². The first kappa shape index (κ1) is 17.0. The zero-order chi connectivity index (χ0) is 14.9. The standard InChI is InChI=1S/C18H28BrNO/c1-2-20-14-15(7-5-9-17-10-6-12-21-17)13-16-8-3-4-11-18(16)19/h3-4,8,11,15,17,20H,2,5-7,9-10,12-14H2,1H3. The third kappa shape index (κ3) is 6.09. The van der Waals surface area contributed by atoms with Gasteiger partial charge < -0.3 is 10.1 Å².